The van der Waals surface area contributed by atoms with E-state index in [9.17, 15) is 9.59 Å². The van der Waals surface area contributed by atoms with Crippen molar-refractivity contribution in [3.05, 3.63) is 16.1 Å². The number of carbonyl (C=O) groups is 2. The number of aryl methyl sites for hydroxylation is 1. The number of aliphatic carboxylic acids is 1. The van der Waals surface area contributed by atoms with Crippen LogP contribution in [0.4, 0.5) is 0 Å². The van der Waals surface area contributed by atoms with E-state index in [2.05, 4.69) is 4.98 Å². The lowest BCUT2D eigenvalue weighted by molar-refractivity contribution is -0.147. The van der Waals surface area contributed by atoms with Crippen molar-refractivity contribution in [2.45, 2.75) is 26.3 Å². The number of likely N-dealkylation sites (tertiary alicyclic amines) is 1. The molecule has 0 radical (unpaired) electrons. The predicted octanol–water partition coefficient (Wildman–Crippen LogP) is 1.27. The molecule has 0 saturated carbocycles. The number of thiazole rings is 1. The Morgan fingerprint density at radius 2 is 2.47 bits per heavy atom. The van der Waals surface area contributed by atoms with E-state index in [0.717, 1.165) is 10.7 Å². The van der Waals surface area contributed by atoms with Crippen LogP contribution in [0.2, 0.25) is 0 Å². The van der Waals surface area contributed by atoms with Crippen LogP contribution in [0.1, 0.15) is 23.5 Å². The van der Waals surface area contributed by atoms with Crippen LogP contribution in [0.25, 0.3) is 0 Å². The van der Waals surface area contributed by atoms with E-state index in [0.29, 0.717) is 25.9 Å². The number of aromatic nitrogens is 1. The maximum Gasteiger partial charge on any atom is 0.308 e. The van der Waals surface area contributed by atoms with Crippen LogP contribution in [0.3, 0.4) is 0 Å². The van der Waals surface area contributed by atoms with Crippen molar-refractivity contribution in [2.75, 3.05) is 6.54 Å². The maximum absolute atomic E-state index is 11.7. The highest BCUT2D eigenvalue weighted by Gasteiger charge is 2.30. The van der Waals surface area contributed by atoms with Crippen LogP contribution in [-0.4, -0.2) is 33.4 Å². The summed E-state index contributed by atoms with van der Waals surface area (Å²) >= 11 is 1.50. The van der Waals surface area contributed by atoms with Gasteiger partial charge in [0.1, 0.15) is 5.01 Å². The van der Waals surface area contributed by atoms with Crippen molar-refractivity contribution in [3.8, 4) is 0 Å². The maximum atomic E-state index is 11.7. The lowest BCUT2D eigenvalue weighted by Gasteiger charge is -2.29. The molecule has 92 valence electrons. The standard InChI is InChI=1S/C11H14N2O3S/c1-7-6-17-9(12-7)5-13-4-8(11(15)16)2-3-10(13)14/h6,8H,2-5H2,1H3,(H,15,16). The quantitative estimate of drug-likeness (QED) is 0.882. The van der Waals surface area contributed by atoms with E-state index >= 15 is 0 Å². The number of rotatable bonds is 3. The molecule has 1 saturated heterocycles. The fourth-order valence-electron chi connectivity index (χ4n) is 1.91. The van der Waals surface area contributed by atoms with Gasteiger partial charge in [0.25, 0.3) is 0 Å². The molecule has 1 unspecified atom stereocenters. The smallest absolute Gasteiger partial charge is 0.308 e. The molecule has 0 aromatic carbocycles. The number of hydrogen-bond donors (Lipinski definition) is 1. The van der Waals surface area contributed by atoms with E-state index in [-0.39, 0.29) is 5.91 Å². The summed E-state index contributed by atoms with van der Waals surface area (Å²) < 4.78 is 0. The molecule has 5 nitrogen and oxygen atoms in total. The Kier molecular flexibility index (Phi) is 3.42. The number of nitrogens with zero attached hydrogens (tertiary/aromatic N) is 2. The van der Waals surface area contributed by atoms with Gasteiger partial charge in [0, 0.05) is 24.0 Å². The van der Waals surface area contributed by atoms with E-state index < -0.39 is 11.9 Å². The Balaban J connectivity index is 2.03. The molecule has 0 spiro atoms. The van der Waals surface area contributed by atoms with Crippen LogP contribution >= 0.6 is 11.3 Å². The molecule has 6 heteroatoms. The minimum Gasteiger partial charge on any atom is -0.481 e. The lowest BCUT2D eigenvalue weighted by atomic mass is 9.98. The van der Waals surface area contributed by atoms with Gasteiger partial charge in [-0.2, -0.15) is 0 Å². The Hall–Kier alpha value is -1.43. The fourth-order valence-corrected chi connectivity index (χ4v) is 2.69. The molecule has 1 aromatic rings. The first kappa shape index (κ1) is 12.0. The fraction of sp³-hybridized carbons (Fsp3) is 0.545. The van der Waals surface area contributed by atoms with E-state index in [1.165, 1.54) is 11.3 Å². The molecule has 17 heavy (non-hydrogen) atoms. The minimum absolute atomic E-state index is 0.0235. The van der Waals surface area contributed by atoms with Gasteiger partial charge in [0.2, 0.25) is 5.91 Å². The number of piperidine rings is 1. The number of carboxylic acids is 1. The Labute approximate surface area is 103 Å². The van der Waals surface area contributed by atoms with Crippen molar-refractivity contribution in [1.82, 2.24) is 9.88 Å². The molecule has 1 aromatic heterocycles. The zero-order valence-electron chi connectivity index (χ0n) is 9.55. The summed E-state index contributed by atoms with van der Waals surface area (Å²) in [6.45, 7) is 2.63. The molecule has 0 aliphatic carbocycles. The van der Waals surface area contributed by atoms with Gasteiger partial charge < -0.3 is 10.0 Å². The SMILES string of the molecule is Cc1csc(CN2CC(C(=O)O)CCC2=O)n1. The van der Waals surface area contributed by atoms with Gasteiger partial charge in [-0.1, -0.05) is 0 Å². The highest BCUT2D eigenvalue weighted by molar-refractivity contribution is 7.09. The molecule has 2 heterocycles. The monoisotopic (exact) mass is 254 g/mol. The second kappa shape index (κ2) is 4.83. The van der Waals surface area contributed by atoms with Crippen molar-refractivity contribution < 1.29 is 14.7 Å². The van der Waals surface area contributed by atoms with Gasteiger partial charge in [-0.15, -0.1) is 11.3 Å². The van der Waals surface area contributed by atoms with Gasteiger partial charge >= 0.3 is 5.97 Å². The first-order valence-corrected chi connectivity index (χ1v) is 6.36. The van der Waals surface area contributed by atoms with E-state index in [1.54, 1.807) is 4.90 Å². The summed E-state index contributed by atoms with van der Waals surface area (Å²) in [4.78, 5) is 28.5. The van der Waals surface area contributed by atoms with Crippen molar-refractivity contribution in [3.63, 3.8) is 0 Å². The Morgan fingerprint density at radius 1 is 1.71 bits per heavy atom. The minimum atomic E-state index is -0.821. The second-order valence-electron chi connectivity index (χ2n) is 4.23. The molecule has 1 N–H and O–H groups in total. The predicted molar refractivity (Wildman–Crippen MR) is 62.6 cm³/mol. The first-order chi connectivity index (χ1) is 8.06. The van der Waals surface area contributed by atoms with Crippen LogP contribution in [-0.2, 0) is 16.1 Å². The summed E-state index contributed by atoms with van der Waals surface area (Å²) in [6, 6.07) is 0. The summed E-state index contributed by atoms with van der Waals surface area (Å²) in [6.07, 6.45) is 0.767. The zero-order valence-corrected chi connectivity index (χ0v) is 10.4. The molecule has 1 atom stereocenters. The molecule has 1 amide bonds. The highest BCUT2D eigenvalue weighted by atomic mass is 32.1. The Morgan fingerprint density at radius 3 is 3.06 bits per heavy atom. The third-order valence-electron chi connectivity index (χ3n) is 2.84. The molecular weight excluding hydrogens is 240 g/mol. The molecule has 0 bridgehead atoms. The summed E-state index contributed by atoms with van der Waals surface area (Å²) in [5.41, 5.74) is 0.934. The second-order valence-corrected chi connectivity index (χ2v) is 5.17. The largest absolute Gasteiger partial charge is 0.481 e. The molecule has 1 aliphatic heterocycles. The summed E-state index contributed by atoms with van der Waals surface area (Å²) in [7, 11) is 0. The van der Waals surface area contributed by atoms with Gasteiger partial charge in [0.05, 0.1) is 12.5 Å². The van der Waals surface area contributed by atoms with Crippen molar-refractivity contribution in [2.24, 2.45) is 5.92 Å². The van der Waals surface area contributed by atoms with Crippen molar-refractivity contribution in [1.29, 1.82) is 0 Å². The number of carboxylic acid groups (broad SMARTS) is 1. The molecule has 1 aliphatic rings. The Bertz CT molecular complexity index is 444. The normalized spacial score (nSPS) is 20.6. The average molecular weight is 254 g/mol. The van der Waals surface area contributed by atoms with Crippen LogP contribution < -0.4 is 0 Å². The molecule has 2 rings (SSSR count). The number of hydrogen-bond acceptors (Lipinski definition) is 4. The summed E-state index contributed by atoms with van der Waals surface area (Å²) in [5.74, 6) is -1.23. The van der Waals surface area contributed by atoms with E-state index in [1.807, 2.05) is 12.3 Å². The lowest BCUT2D eigenvalue weighted by Crippen LogP contribution is -2.41. The van der Waals surface area contributed by atoms with Gasteiger partial charge in [-0.05, 0) is 13.3 Å². The molecular formula is C11H14N2O3S. The van der Waals surface area contributed by atoms with Gasteiger partial charge in [-0.3, -0.25) is 9.59 Å². The number of amides is 1. The summed E-state index contributed by atoms with van der Waals surface area (Å²) in [5, 5.41) is 11.8. The van der Waals surface area contributed by atoms with Crippen molar-refractivity contribution >= 4 is 23.2 Å². The highest BCUT2D eigenvalue weighted by Crippen LogP contribution is 2.21. The number of carbonyl (C=O) groups excluding carboxylic acids is 1. The third-order valence-corrected chi connectivity index (χ3v) is 3.79. The zero-order chi connectivity index (χ0) is 12.4. The van der Waals surface area contributed by atoms with Crippen LogP contribution in [0.15, 0.2) is 5.38 Å². The first-order valence-electron chi connectivity index (χ1n) is 5.48. The topological polar surface area (TPSA) is 70.5 Å². The van der Waals surface area contributed by atoms with Gasteiger partial charge in [0.15, 0.2) is 0 Å². The van der Waals surface area contributed by atoms with Gasteiger partial charge in [-0.25, -0.2) is 4.98 Å². The van der Waals surface area contributed by atoms with Crippen LogP contribution in [0.5, 0.6) is 0 Å². The van der Waals surface area contributed by atoms with E-state index in [4.69, 9.17) is 5.11 Å². The van der Waals surface area contributed by atoms with Crippen LogP contribution in [0, 0.1) is 12.8 Å². The third kappa shape index (κ3) is 2.82. The molecule has 1 fully saturated rings. The average Bonchev–Trinajstić information content (AvgIpc) is 2.67.